The number of nitrogens with one attached hydrogen (secondary N) is 2. The number of piperidine rings is 1. The third-order valence-corrected chi connectivity index (χ3v) is 5.44. The third-order valence-electron chi connectivity index (χ3n) is 5.44. The minimum atomic E-state index is 0. The Bertz CT molecular complexity index is 925. The van der Waals surface area contributed by atoms with E-state index in [1.807, 2.05) is 41.3 Å². The van der Waals surface area contributed by atoms with Crippen LogP contribution in [0.2, 0.25) is 0 Å². The first-order chi connectivity index (χ1) is 15.6. The standard InChI is InChI=1S/C24H32N4O4.HI/c1-25-24(27-16-18-13-20(30-2)23(32-4)21(14-18)31-3)26-15-17-8-10-19(11-9-17)28-12-6-5-7-22(28)29;/h8-11,13-14H,5-7,12,15-16H2,1-4H3,(H2,25,26,27);1H. The Kier molecular flexibility index (Phi) is 10.6. The van der Waals surface area contributed by atoms with E-state index in [-0.39, 0.29) is 29.9 Å². The summed E-state index contributed by atoms with van der Waals surface area (Å²) in [5.41, 5.74) is 3.04. The first-order valence-corrected chi connectivity index (χ1v) is 10.7. The van der Waals surface area contributed by atoms with E-state index in [4.69, 9.17) is 14.2 Å². The van der Waals surface area contributed by atoms with Gasteiger partial charge in [0, 0.05) is 38.8 Å². The number of halogens is 1. The Morgan fingerprint density at radius 1 is 0.939 bits per heavy atom. The Labute approximate surface area is 212 Å². The van der Waals surface area contributed by atoms with Crippen molar-refractivity contribution in [2.24, 2.45) is 4.99 Å². The lowest BCUT2D eigenvalue weighted by atomic mass is 10.1. The number of carbonyl (C=O) groups is 1. The van der Waals surface area contributed by atoms with Gasteiger partial charge < -0.3 is 29.7 Å². The van der Waals surface area contributed by atoms with Crippen molar-refractivity contribution in [3.8, 4) is 17.2 Å². The molecule has 2 aromatic rings. The summed E-state index contributed by atoms with van der Waals surface area (Å²) in [5.74, 6) is 2.67. The van der Waals surface area contributed by atoms with Gasteiger partial charge in [-0.25, -0.2) is 0 Å². The highest BCUT2D eigenvalue weighted by molar-refractivity contribution is 14.0. The Morgan fingerprint density at radius 3 is 2.06 bits per heavy atom. The van der Waals surface area contributed by atoms with Crippen LogP contribution in [0.5, 0.6) is 17.2 Å². The molecular formula is C24H33IN4O4. The molecule has 1 saturated heterocycles. The highest BCUT2D eigenvalue weighted by atomic mass is 127. The number of guanidine groups is 1. The monoisotopic (exact) mass is 568 g/mol. The van der Waals surface area contributed by atoms with E-state index >= 15 is 0 Å². The van der Waals surface area contributed by atoms with Crippen LogP contribution in [0.25, 0.3) is 0 Å². The summed E-state index contributed by atoms with van der Waals surface area (Å²) >= 11 is 0. The van der Waals surface area contributed by atoms with Crippen molar-refractivity contribution in [3.05, 3.63) is 47.5 Å². The van der Waals surface area contributed by atoms with Crippen molar-refractivity contribution in [3.63, 3.8) is 0 Å². The summed E-state index contributed by atoms with van der Waals surface area (Å²) in [6, 6.07) is 11.9. The number of nitrogens with zero attached hydrogens (tertiary/aromatic N) is 2. The molecular weight excluding hydrogens is 535 g/mol. The summed E-state index contributed by atoms with van der Waals surface area (Å²) < 4.78 is 16.2. The summed E-state index contributed by atoms with van der Waals surface area (Å²) in [6.45, 7) is 1.95. The topological polar surface area (TPSA) is 84.4 Å². The van der Waals surface area contributed by atoms with Crippen LogP contribution in [0.4, 0.5) is 5.69 Å². The number of methoxy groups -OCH3 is 3. The van der Waals surface area contributed by atoms with Gasteiger partial charge in [0.2, 0.25) is 11.7 Å². The largest absolute Gasteiger partial charge is 0.493 e. The maximum atomic E-state index is 12.1. The quantitative estimate of drug-likeness (QED) is 0.287. The summed E-state index contributed by atoms with van der Waals surface area (Å²) in [6.07, 6.45) is 2.68. The van der Waals surface area contributed by atoms with Crippen LogP contribution in [0, 0.1) is 0 Å². The van der Waals surface area contributed by atoms with Crippen LogP contribution in [0.3, 0.4) is 0 Å². The van der Waals surface area contributed by atoms with E-state index in [0.29, 0.717) is 42.7 Å². The Hall–Kier alpha value is -2.69. The van der Waals surface area contributed by atoms with Gasteiger partial charge in [-0.2, -0.15) is 0 Å². The molecule has 9 heteroatoms. The molecule has 0 radical (unpaired) electrons. The van der Waals surface area contributed by atoms with Crippen molar-refractivity contribution in [2.75, 3.05) is 39.8 Å². The molecule has 0 saturated carbocycles. The normalized spacial score (nSPS) is 13.8. The highest BCUT2D eigenvalue weighted by Gasteiger charge is 2.19. The zero-order valence-corrected chi connectivity index (χ0v) is 22.0. The number of anilines is 1. The van der Waals surface area contributed by atoms with Crippen LogP contribution in [0.15, 0.2) is 41.4 Å². The number of rotatable bonds is 8. The fourth-order valence-corrected chi connectivity index (χ4v) is 3.70. The molecule has 0 spiro atoms. The molecule has 33 heavy (non-hydrogen) atoms. The van der Waals surface area contributed by atoms with Gasteiger partial charge in [-0.15, -0.1) is 24.0 Å². The third kappa shape index (κ3) is 6.89. The van der Waals surface area contributed by atoms with Crippen molar-refractivity contribution >= 4 is 41.5 Å². The van der Waals surface area contributed by atoms with Crippen LogP contribution < -0.4 is 29.7 Å². The maximum absolute atomic E-state index is 12.1. The van der Waals surface area contributed by atoms with Crippen LogP contribution >= 0.6 is 24.0 Å². The first kappa shape index (κ1) is 26.6. The lowest BCUT2D eigenvalue weighted by Crippen LogP contribution is -2.36. The van der Waals surface area contributed by atoms with Gasteiger partial charge in [-0.05, 0) is 48.2 Å². The zero-order chi connectivity index (χ0) is 22.9. The van der Waals surface area contributed by atoms with Gasteiger partial charge in [-0.3, -0.25) is 9.79 Å². The lowest BCUT2D eigenvalue weighted by Gasteiger charge is -2.26. The molecule has 8 nitrogen and oxygen atoms in total. The van der Waals surface area contributed by atoms with Crippen molar-refractivity contribution < 1.29 is 19.0 Å². The molecule has 0 aromatic heterocycles. The van der Waals surface area contributed by atoms with Crippen LogP contribution in [-0.2, 0) is 17.9 Å². The highest BCUT2D eigenvalue weighted by Crippen LogP contribution is 2.38. The number of amides is 1. The fourth-order valence-electron chi connectivity index (χ4n) is 3.70. The Morgan fingerprint density at radius 2 is 1.55 bits per heavy atom. The smallest absolute Gasteiger partial charge is 0.226 e. The maximum Gasteiger partial charge on any atom is 0.226 e. The molecule has 180 valence electrons. The number of hydrogen-bond donors (Lipinski definition) is 2. The first-order valence-electron chi connectivity index (χ1n) is 10.7. The number of aliphatic imine (C=N–C) groups is 1. The molecule has 2 N–H and O–H groups in total. The van der Waals surface area contributed by atoms with Gasteiger partial charge >= 0.3 is 0 Å². The predicted octanol–water partition coefficient (Wildman–Crippen LogP) is 3.71. The molecule has 0 bridgehead atoms. The molecule has 1 aliphatic rings. The molecule has 1 heterocycles. The van der Waals surface area contributed by atoms with Gasteiger partial charge in [0.25, 0.3) is 0 Å². The number of ether oxygens (including phenoxy) is 3. The van der Waals surface area contributed by atoms with E-state index in [2.05, 4.69) is 15.6 Å². The SMILES string of the molecule is CN=C(NCc1ccc(N2CCCCC2=O)cc1)NCc1cc(OC)c(OC)c(OC)c1.I. The van der Waals surface area contributed by atoms with E-state index < -0.39 is 0 Å². The second-order valence-electron chi connectivity index (χ2n) is 7.48. The number of carbonyl (C=O) groups excluding carboxylic acids is 1. The molecule has 1 aliphatic heterocycles. The van der Waals surface area contributed by atoms with Gasteiger partial charge in [0.05, 0.1) is 21.3 Å². The summed E-state index contributed by atoms with van der Waals surface area (Å²) in [4.78, 5) is 18.3. The fraction of sp³-hybridized carbons (Fsp3) is 0.417. The predicted molar refractivity (Wildman–Crippen MR) is 141 cm³/mol. The average Bonchev–Trinajstić information content (AvgIpc) is 2.84. The second kappa shape index (κ2) is 13.1. The van der Waals surface area contributed by atoms with Crippen molar-refractivity contribution in [1.82, 2.24) is 10.6 Å². The van der Waals surface area contributed by atoms with Crippen molar-refractivity contribution in [2.45, 2.75) is 32.4 Å². The minimum Gasteiger partial charge on any atom is -0.493 e. The molecule has 0 aliphatic carbocycles. The number of hydrogen-bond acceptors (Lipinski definition) is 5. The average molecular weight is 568 g/mol. The second-order valence-corrected chi connectivity index (χ2v) is 7.48. The summed E-state index contributed by atoms with van der Waals surface area (Å²) in [7, 11) is 6.51. The Balaban J connectivity index is 0.00000385. The molecule has 1 amide bonds. The van der Waals surface area contributed by atoms with Crippen LogP contribution in [0.1, 0.15) is 30.4 Å². The molecule has 2 aromatic carbocycles. The van der Waals surface area contributed by atoms with Gasteiger partial charge in [0.1, 0.15) is 0 Å². The van der Waals surface area contributed by atoms with Crippen LogP contribution in [-0.4, -0.2) is 46.8 Å². The van der Waals surface area contributed by atoms with Gasteiger partial charge in [-0.1, -0.05) is 12.1 Å². The minimum absolute atomic E-state index is 0. The zero-order valence-electron chi connectivity index (χ0n) is 19.6. The van der Waals surface area contributed by atoms with E-state index in [1.54, 1.807) is 28.4 Å². The van der Waals surface area contributed by atoms with Crippen molar-refractivity contribution in [1.29, 1.82) is 0 Å². The van der Waals surface area contributed by atoms with E-state index in [9.17, 15) is 4.79 Å². The van der Waals surface area contributed by atoms with E-state index in [1.165, 1.54) is 0 Å². The van der Waals surface area contributed by atoms with E-state index in [0.717, 1.165) is 36.2 Å². The molecule has 0 atom stereocenters. The number of benzene rings is 2. The van der Waals surface area contributed by atoms with Gasteiger partial charge in [0.15, 0.2) is 17.5 Å². The summed E-state index contributed by atoms with van der Waals surface area (Å²) in [5, 5.41) is 6.61. The lowest BCUT2D eigenvalue weighted by molar-refractivity contribution is -0.119. The molecule has 0 unspecified atom stereocenters. The molecule has 3 rings (SSSR count). The molecule has 1 fully saturated rings.